The number of benzene rings is 2. The molecule has 0 bridgehead atoms. The summed E-state index contributed by atoms with van der Waals surface area (Å²) in [6, 6.07) is 17.2. The third-order valence-corrected chi connectivity index (χ3v) is 5.72. The van der Waals surface area contributed by atoms with Crippen LogP contribution < -0.4 is 15.0 Å². The molecule has 2 aromatic carbocycles. The van der Waals surface area contributed by atoms with E-state index in [-0.39, 0.29) is 11.9 Å². The van der Waals surface area contributed by atoms with Gasteiger partial charge in [0.2, 0.25) is 5.91 Å². The molecule has 0 spiro atoms. The highest BCUT2D eigenvalue weighted by Gasteiger charge is 2.21. The second-order valence-corrected chi connectivity index (χ2v) is 7.89. The van der Waals surface area contributed by atoms with Crippen molar-refractivity contribution in [2.45, 2.75) is 45.6 Å². The molecule has 0 aromatic heterocycles. The number of anilines is 1. The van der Waals surface area contributed by atoms with E-state index in [2.05, 4.69) is 46.6 Å². The van der Waals surface area contributed by atoms with Gasteiger partial charge in [-0.2, -0.15) is 0 Å². The summed E-state index contributed by atoms with van der Waals surface area (Å²) in [6.45, 7) is 9.60. The van der Waals surface area contributed by atoms with Crippen molar-refractivity contribution in [3.8, 4) is 5.75 Å². The van der Waals surface area contributed by atoms with Crippen LogP contribution in [0.1, 0.15) is 56.7 Å². The molecule has 3 rings (SSSR count). The summed E-state index contributed by atoms with van der Waals surface area (Å²) in [5.74, 6) is 1.48. The van der Waals surface area contributed by atoms with E-state index in [0.717, 1.165) is 43.9 Å². The van der Waals surface area contributed by atoms with Gasteiger partial charge in [-0.3, -0.25) is 4.79 Å². The summed E-state index contributed by atoms with van der Waals surface area (Å²) in [4.78, 5) is 13.7. The molecule has 1 saturated heterocycles. The minimum Gasteiger partial charge on any atom is -0.491 e. The van der Waals surface area contributed by atoms with Crippen molar-refractivity contribution < 1.29 is 14.3 Å². The highest BCUT2D eigenvalue weighted by molar-refractivity contribution is 5.73. The summed E-state index contributed by atoms with van der Waals surface area (Å²) < 4.78 is 11.0. The minimum atomic E-state index is 0.00375. The lowest BCUT2D eigenvalue weighted by molar-refractivity contribution is -0.119. The van der Waals surface area contributed by atoms with Crippen molar-refractivity contribution in [3.63, 3.8) is 0 Å². The van der Waals surface area contributed by atoms with Gasteiger partial charge in [-0.15, -0.1) is 0 Å². The van der Waals surface area contributed by atoms with Gasteiger partial charge in [0.1, 0.15) is 12.4 Å². The molecule has 30 heavy (non-hydrogen) atoms. The Hall–Kier alpha value is -2.53. The van der Waals surface area contributed by atoms with Crippen LogP contribution in [0.25, 0.3) is 0 Å². The molecule has 1 fully saturated rings. The van der Waals surface area contributed by atoms with Crippen LogP contribution in [-0.2, 0) is 9.53 Å². The van der Waals surface area contributed by atoms with Gasteiger partial charge in [-0.25, -0.2) is 0 Å². The zero-order valence-corrected chi connectivity index (χ0v) is 18.4. The van der Waals surface area contributed by atoms with Gasteiger partial charge in [-0.05, 0) is 68.0 Å². The Morgan fingerprint density at radius 3 is 2.33 bits per heavy atom. The van der Waals surface area contributed by atoms with Crippen LogP contribution in [-0.4, -0.2) is 38.8 Å². The van der Waals surface area contributed by atoms with Crippen LogP contribution in [0.3, 0.4) is 0 Å². The number of carbonyl (C=O) groups is 1. The first-order valence-corrected chi connectivity index (χ1v) is 11.0. The average molecular weight is 411 g/mol. The van der Waals surface area contributed by atoms with Gasteiger partial charge in [0, 0.05) is 32.3 Å². The van der Waals surface area contributed by atoms with Gasteiger partial charge in [-0.1, -0.05) is 24.3 Å². The van der Waals surface area contributed by atoms with Gasteiger partial charge in [0.25, 0.3) is 0 Å². The average Bonchev–Trinajstić information content (AvgIpc) is 2.77. The van der Waals surface area contributed by atoms with E-state index in [1.807, 2.05) is 26.0 Å². The lowest BCUT2D eigenvalue weighted by Gasteiger charge is -2.34. The fraction of sp³-hybridized carbons (Fsp3) is 0.480. The third kappa shape index (κ3) is 6.23. The second kappa shape index (κ2) is 11.0. The second-order valence-electron chi connectivity index (χ2n) is 7.89. The summed E-state index contributed by atoms with van der Waals surface area (Å²) in [5.41, 5.74) is 3.80. The predicted octanol–water partition coefficient (Wildman–Crippen LogP) is 4.68. The van der Waals surface area contributed by atoms with E-state index in [1.165, 1.54) is 11.3 Å². The lowest BCUT2D eigenvalue weighted by Crippen LogP contribution is -2.32. The van der Waals surface area contributed by atoms with Crippen molar-refractivity contribution in [2.75, 3.05) is 37.8 Å². The molecular weight excluding hydrogens is 376 g/mol. The van der Waals surface area contributed by atoms with Gasteiger partial charge < -0.3 is 19.7 Å². The molecule has 1 amide bonds. The molecule has 2 aromatic rings. The van der Waals surface area contributed by atoms with Gasteiger partial charge in [0.15, 0.2) is 0 Å². The van der Waals surface area contributed by atoms with Crippen molar-refractivity contribution in [1.82, 2.24) is 5.32 Å². The fourth-order valence-corrected chi connectivity index (χ4v) is 4.03. The number of nitrogens with zero attached hydrogens (tertiary/aromatic N) is 1. The first-order chi connectivity index (χ1) is 14.6. The monoisotopic (exact) mass is 410 g/mol. The molecular formula is C25H34N2O3. The van der Waals surface area contributed by atoms with Crippen molar-refractivity contribution in [2.24, 2.45) is 0 Å². The molecule has 1 aliphatic heterocycles. The quantitative estimate of drug-likeness (QED) is 0.610. The maximum atomic E-state index is 11.3. The highest BCUT2D eigenvalue weighted by Crippen LogP contribution is 2.31. The lowest BCUT2D eigenvalue weighted by atomic mass is 9.88. The third-order valence-electron chi connectivity index (χ3n) is 5.72. The zero-order chi connectivity index (χ0) is 21.3. The molecule has 0 radical (unpaired) electrons. The highest BCUT2D eigenvalue weighted by atomic mass is 16.5. The summed E-state index contributed by atoms with van der Waals surface area (Å²) >= 11 is 0. The van der Waals surface area contributed by atoms with Crippen molar-refractivity contribution in [1.29, 1.82) is 0 Å². The van der Waals surface area contributed by atoms with E-state index >= 15 is 0 Å². The first kappa shape index (κ1) is 22.2. The largest absolute Gasteiger partial charge is 0.491 e. The maximum absolute atomic E-state index is 11.3. The van der Waals surface area contributed by atoms with Crippen molar-refractivity contribution in [3.05, 3.63) is 59.7 Å². The molecule has 0 unspecified atom stereocenters. The molecule has 1 N–H and O–H groups in total. The van der Waals surface area contributed by atoms with Crippen LogP contribution >= 0.6 is 0 Å². The number of hydrogen-bond acceptors (Lipinski definition) is 4. The number of carbonyl (C=O) groups excluding carboxylic acids is 1. The van der Waals surface area contributed by atoms with Crippen LogP contribution in [0.5, 0.6) is 5.75 Å². The molecule has 162 valence electrons. The number of hydrogen-bond donors (Lipinski definition) is 1. The number of ether oxygens (including phenoxy) is 2. The number of rotatable bonds is 9. The standard InChI is InChI=1S/C25H34N2O3/c1-4-29-17-18-30-25-11-9-24(10-12-25)27-15-13-23(14-16-27)22-7-5-21(6-8-22)19(2)26-20(3)28/h5-12,19,23H,4,13-18H2,1-3H3,(H,26,28)/t19-/m0/s1. The molecule has 0 saturated carbocycles. The van der Waals surface area contributed by atoms with E-state index in [4.69, 9.17) is 9.47 Å². The van der Waals surface area contributed by atoms with E-state index in [1.54, 1.807) is 6.92 Å². The summed E-state index contributed by atoms with van der Waals surface area (Å²) in [5, 5.41) is 2.94. The van der Waals surface area contributed by atoms with E-state index in [9.17, 15) is 4.79 Å². The molecule has 5 nitrogen and oxygen atoms in total. The van der Waals surface area contributed by atoms with Gasteiger partial charge >= 0.3 is 0 Å². The Labute approximate surface area is 180 Å². The SMILES string of the molecule is CCOCCOc1ccc(N2CCC(c3ccc([C@H](C)NC(C)=O)cc3)CC2)cc1. The number of piperidine rings is 1. The van der Waals surface area contributed by atoms with Crippen LogP contribution in [0.2, 0.25) is 0 Å². The number of nitrogens with one attached hydrogen (secondary N) is 1. The smallest absolute Gasteiger partial charge is 0.217 e. The summed E-state index contributed by atoms with van der Waals surface area (Å²) in [7, 11) is 0. The first-order valence-electron chi connectivity index (χ1n) is 11.0. The normalized spacial score (nSPS) is 15.6. The Morgan fingerprint density at radius 1 is 1.07 bits per heavy atom. The molecule has 1 heterocycles. The molecule has 1 atom stereocenters. The topological polar surface area (TPSA) is 50.8 Å². The Bertz CT molecular complexity index is 781. The summed E-state index contributed by atoms with van der Waals surface area (Å²) in [6.07, 6.45) is 2.29. The van der Waals surface area contributed by atoms with Gasteiger partial charge in [0.05, 0.1) is 12.6 Å². The molecule has 1 aliphatic rings. The Morgan fingerprint density at radius 2 is 1.73 bits per heavy atom. The molecule has 0 aliphatic carbocycles. The minimum absolute atomic E-state index is 0.00375. The van der Waals surface area contributed by atoms with Crippen LogP contribution in [0, 0.1) is 0 Å². The van der Waals surface area contributed by atoms with E-state index < -0.39 is 0 Å². The van der Waals surface area contributed by atoms with E-state index in [0.29, 0.717) is 19.1 Å². The maximum Gasteiger partial charge on any atom is 0.217 e. The van der Waals surface area contributed by atoms with Crippen molar-refractivity contribution >= 4 is 11.6 Å². The Balaban J connectivity index is 1.49. The van der Waals surface area contributed by atoms with Crippen LogP contribution in [0.4, 0.5) is 5.69 Å². The number of amides is 1. The zero-order valence-electron chi connectivity index (χ0n) is 18.4. The Kier molecular flexibility index (Phi) is 8.14. The fourth-order valence-electron chi connectivity index (χ4n) is 4.03. The van der Waals surface area contributed by atoms with Crippen LogP contribution in [0.15, 0.2) is 48.5 Å². The molecule has 5 heteroatoms. The predicted molar refractivity (Wildman–Crippen MR) is 121 cm³/mol.